The Balaban J connectivity index is 0.992. The standard InChI is InChI=1S/C37H53N3O7/c1-2-9-35(38-22-32(42)30-20-29(41)21-31-36(30)46-24-34(43)39-31)45-19-8-16-40-17-14-26(15-18-40)33(23-40)47-25-37(44,28-12-6-7-13-28)27-10-4-3-5-11-27/h3-5,10-11,20-21,26,28,32-33,35,38,42,44H,2,6-9,12-19,22-25H2,1H3,(H-,39,41,43)/p+1/t26?,32-,33-,35?,37+,40?/m0/s1. The van der Waals surface area contributed by atoms with Crippen LogP contribution in [0.4, 0.5) is 5.69 Å². The van der Waals surface area contributed by atoms with Crippen LogP contribution in [-0.4, -0.2) is 90.6 Å². The maximum atomic E-state index is 12.0. The number of hydrogen-bond acceptors (Lipinski definition) is 8. The number of nitrogens with zero attached hydrogens (tertiary/aromatic N) is 1. The Bertz CT molecular complexity index is 1330. The van der Waals surface area contributed by atoms with Crippen molar-refractivity contribution in [3.63, 3.8) is 0 Å². The smallest absolute Gasteiger partial charge is 0.262 e. The number of phenols is 1. The third kappa shape index (κ3) is 7.95. The van der Waals surface area contributed by atoms with Gasteiger partial charge in [0.05, 0.1) is 44.6 Å². The van der Waals surface area contributed by atoms with Gasteiger partial charge in [0, 0.05) is 43.4 Å². The van der Waals surface area contributed by atoms with Gasteiger partial charge < -0.3 is 39.3 Å². The quantitative estimate of drug-likeness (QED) is 0.101. The minimum Gasteiger partial charge on any atom is -0.508 e. The number of rotatable bonds is 16. The Labute approximate surface area is 279 Å². The lowest BCUT2D eigenvalue weighted by molar-refractivity contribution is -0.946. The zero-order valence-corrected chi connectivity index (χ0v) is 27.9. The second kappa shape index (κ2) is 15.2. The van der Waals surface area contributed by atoms with E-state index in [0.29, 0.717) is 36.1 Å². The number of quaternary nitrogens is 1. The van der Waals surface area contributed by atoms with E-state index >= 15 is 0 Å². The van der Waals surface area contributed by atoms with Crippen molar-refractivity contribution in [1.82, 2.24) is 5.32 Å². The molecule has 0 spiro atoms. The van der Waals surface area contributed by atoms with Gasteiger partial charge in [-0.1, -0.05) is 56.5 Å². The highest BCUT2D eigenvalue weighted by Crippen LogP contribution is 2.43. The molecule has 4 heterocycles. The normalized spacial score (nSPS) is 26.7. The number of fused-ring (bicyclic) bond motifs is 4. The Morgan fingerprint density at radius 3 is 2.64 bits per heavy atom. The number of carbonyl (C=O) groups excluding carboxylic acids is 1. The number of amides is 1. The molecule has 2 bridgehead atoms. The summed E-state index contributed by atoms with van der Waals surface area (Å²) in [6.07, 6.45) is 8.49. The van der Waals surface area contributed by atoms with Gasteiger partial charge in [-0.15, -0.1) is 0 Å². The number of ether oxygens (including phenoxy) is 3. The molecule has 4 aliphatic heterocycles. The minimum absolute atomic E-state index is 0.0486. The molecule has 7 rings (SSSR count). The second-order valence-electron chi connectivity index (χ2n) is 14.3. The average molecular weight is 653 g/mol. The molecular formula is C37H54N3O7+. The number of piperidine rings is 3. The van der Waals surface area contributed by atoms with Crippen molar-refractivity contribution in [1.29, 1.82) is 0 Å². The first kappa shape index (κ1) is 34.1. The SMILES string of the molecule is CCCC(NC[C@H](O)c1cc(O)cc2c1OCC(=O)N2)OCCC[N+]12CCC(CC1)[C@@H](OC[C@@](O)(c1ccccc1)C1CCCC1)C2. The van der Waals surface area contributed by atoms with E-state index in [1.807, 2.05) is 18.2 Å². The zero-order valence-electron chi connectivity index (χ0n) is 27.9. The van der Waals surface area contributed by atoms with E-state index in [-0.39, 0.29) is 43.1 Å². The zero-order chi connectivity index (χ0) is 32.9. The van der Waals surface area contributed by atoms with Crippen molar-refractivity contribution >= 4 is 11.6 Å². The van der Waals surface area contributed by atoms with Gasteiger partial charge in [0.1, 0.15) is 36.0 Å². The van der Waals surface area contributed by atoms with Gasteiger partial charge in [0.2, 0.25) is 0 Å². The van der Waals surface area contributed by atoms with Gasteiger partial charge in [0.15, 0.2) is 6.61 Å². The first-order chi connectivity index (χ1) is 22.8. The van der Waals surface area contributed by atoms with Gasteiger partial charge in [-0.2, -0.15) is 0 Å². The molecule has 2 aromatic rings. The van der Waals surface area contributed by atoms with Crippen molar-refractivity contribution in [3.8, 4) is 11.5 Å². The van der Waals surface area contributed by atoms with Crippen LogP contribution in [0.25, 0.3) is 0 Å². The first-order valence-corrected chi connectivity index (χ1v) is 17.9. The van der Waals surface area contributed by atoms with Crippen LogP contribution in [0.15, 0.2) is 42.5 Å². The molecule has 258 valence electrons. The van der Waals surface area contributed by atoms with Crippen LogP contribution < -0.4 is 15.4 Å². The van der Waals surface area contributed by atoms with E-state index in [1.165, 1.54) is 50.9 Å². The average Bonchev–Trinajstić information content (AvgIpc) is 3.64. The summed E-state index contributed by atoms with van der Waals surface area (Å²) in [6.45, 7) is 7.58. The predicted octanol–water partition coefficient (Wildman–Crippen LogP) is 4.58. The highest BCUT2D eigenvalue weighted by Gasteiger charge is 2.48. The van der Waals surface area contributed by atoms with E-state index in [4.69, 9.17) is 14.2 Å². The van der Waals surface area contributed by atoms with Crippen molar-refractivity contribution in [2.45, 2.75) is 88.7 Å². The molecule has 0 aromatic heterocycles. The number of benzene rings is 2. The molecule has 1 unspecified atom stereocenters. The number of carbonyl (C=O) groups is 1. The van der Waals surface area contributed by atoms with Gasteiger partial charge in [-0.25, -0.2) is 0 Å². The van der Waals surface area contributed by atoms with Gasteiger partial charge >= 0.3 is 0 Å². The van der Waals surface area contributed by atoms with E-state index in [1.54, 1.807) is 0 Å². The number of nitrogens with one attached hydrogen (secondary N) is 2. The molecule has 5 aliphatic rings. The van der Waals surface area contributed by atoms with Crippen LogP contribution in [0.5, 0.6) is 11.5 Å². The number of aromatic hydroxyl groups is 1. The number of aliphatic hydroxyl groups is 2. The third-order valence-corrected chi connectivity index (χ3v) is 11.1. The maximum absolute atomic E-state index is 12.0. The molecule has 10 heteroatoms. The highest BCUT2D eigenvalue weighted by molar-refractivity contribution is 5.96. The summed E-state index contributed by atoms with van der Waals surface area (Å²) in [7, 11) is 0. The summed E-state index contributed by atoms with van der Waals surface area (Å²) in [5.41, 5.74) is 0.842. The van der Waals surface area contributed by atoms with Crippen LogP contribution in [0.1, 0.15) is 81.9 Å². The molecule has 0 radical (unpaired) electrons. The maximum Gasteiger partial charge on any atom is 0.262 e. The van der Waals surface area contributed by atoms with Crippen molar-refractivity contribution in [2.75, 3.05) is 57.9 Å². The molecule has 2 aromatic carbocycles. The Hall–Kier alpha value is -2.73. The Kier molecular flexibility index (Phi) is 11.1. The summed E-state index contributed by atoms with van der Waals surface area (Å²) in [5, 5.41) is 39.2. The van der Waals surface area contributed by atoms with E-state index in [0.717, 1.165) is 55.2 Å². The van der Waals surface area contributed by atoms with Crippen LogP contribution in [0, 0.1) is 11.8 Å². The third-order valence-electron chi connectivity index (χ3n) is 11.1. The lowest BCUT2D eigenvalue weighted by Crippen LogP contribution is -2.65. The fraction of sp³-hybridized carbons (Fsp3) is 0.649. The van der Waals surface area contributed by atoms with Gasteiger partial charge in [-0.05, 0) is 36.8 Å². The molecule has 47 heavy (non-hydrogen) atoms. The molecule has 4 atom stereocenters. The molecule has 1 amide bonds. The van der Waals surface area contributed by atoms with Crippen LogP contribution in [-0.2, 0) is 19.9 Å². The van der Waals surface area contributed by atoms with E-state index < -0.39 is 11.7 Å². The van der Waals surface area contributed by atoms with Crippen molar-refractivity contribution in [3.05, 3.63) is 53.6 Å². The highest BCUT2D eigenvalue weighted by atomic mass is 16.5. The topological polar surface area (TPSA) is 130 Å². The van der Waals surface area contributed by atoms with Gasteiger partial charge in [0.25, 0.3) is 5.91 Å². The number of hydrogen-bond donors (Lipinski definition) is 5. The molecule has 1 aliphatic carbocycles. The summed E-state index contributed by atoms with van der Waals surface area (Å²) in [6, 6.07) is 13.1. The largest absolute Gasteiger partial charge is 0.508 e. The second-order valence-corrected chi connectivity index (χ2v) is 14.3. The fourth-order valence-corrected chi connectivity index (χ4v) is 8.47. The van der Waals surface area contributed by atoms with Gasteiger partial charge in [-0.3, -0.25) is 10.1 Å². The van der Waals surface area contributed by atoms with Crippen LogP contribution >= 0.6 is 0 Å². The first-order valence-electron chi connectivity index (χ1n) is 17.9. The summed E-state index contributed by atoms with van der Waals surface area (Å²) >= 11 is 0. The number of anilines is 1. The summed E-state index contributed by atoms with van der Waals surface area (Å²) < 4.78 is 19.6. The lowest BCUT2D eigenvalue weighted by Gasteiger charge is -2.53. The Morgan fingerprint density at radius 1 is 1.13 bits per heavy atom. The van der Waals surface area contributed by atoms with Crippen molar-refractivity contribution in [2.24, 2.45) is 11.8 Å². The summed E-state index contributed by atoms with van der Waals surface area (Å²) in [4.78, 5) is 11.7. The molecule has 10 nitrogen and oxygen atoms in total. The molecule has 5 N–H and O–H groups in total. The molecule has 3 saturated heterocycles. The summed E-state index contributed by atoms with van der Waals surface area (Å²) in [5.74, 6) is 0.855. The molecule has 4 fully saturated rings. The monoisotopic (exact) mass is 652 g/mol. The van der Waals surface area contributed by atoms with Crippen LogP contribution in [0.3, 0.4) is 0 Å². The molecular weight excluding hydrogens is 598 g/mol. The number of phenolic OH excluding ortho intramolecular Hbond substituents is 1. The van der Waals surface area contributed by atoms with E-state index in [9.17, 15) is 20.1 Å². The fourth-order valence-electron chi connectivity index (χ4n) is 8.47. The minimum atomic E-state index is -0.952. The molecule has 1 saturated carbocycles. The van der Waals surface area contributed by atoms with Crippen LogP contribution in [0.2, 0.25) is 0 Å². The Morgan fingerprint density at radius 2 is 1.89 bits per heavy atom. The van der Waals surface area contributed by atoms with Crippen molar-refractivity contribution < 1.29 is 38.8 Å². The van der Waals surface area contributed by atoms with E-state index in [2.05, 4.69) is 29.7 Å². The predicted molar refractivity (Wildman–Crippen MR) is 179 cm³/mol. The lowest BCUT2D eigenvalue weighted by atomic mass is 9.80. The number of aliphatic hydroxyl groups excluding tert-OH is 1.